The maximum Gasteiger partial charge on any atom is 0.184 e. The van der Waals surface area contributed by atoms with Crippen LogP contribution in [0.5, 0.6) is 0 Å². The predicted molar refractivity (Wildman–Crippen MR) is 118 cm³/mol. The number of aliphatic hydroxyl groups excluding tert-OH is 3. The molecule has 31 heavy (non-hydrogen) atoms. The van der Waals surface area contributed by atoms with Crippen molar-refractivity contribution in [1.82, 2.24) is 0 Å². The van der Waals surface area contributed by atoms with Gasteiger partial charge in [-0.15, -0.1) is 0 Å². The van der Waals surface area contributed by atoms with E-state index in [4.69, 9.17) is 14.2 Å². The van der Waals surface area contributed by atoms with Gasteiger partial charge in [-0.3, -0.25) is 0 Å². The Bertz CT molecular complexity index is 791. The molecular formula is C25H32O6. The molecule has 0 amide bonds. The second-order valence-electron chi connectivity index (χ2n) is 7.76. The highest BCUT2D eigenvalue weighted by molar-refractivity contribution is 5.49. The lowest BCUT2D eigenvalue weighted by Crippen LogP contribution is -2.59. The third-order valence-corrected chi connectivity index (χ3v) is 5.24. The molecule has 6 nitrogen and oxygen atoms in total. The van der Waals surface area contributed by atoms with Crippen molar-refractivity contribution in [3.63, 3.8) is 0 Å². The van der Waals surface area contributed by atoms with Gasteiger partial charge in [-0.1, -0.05) is 80.1 Å². The van der Waals surface area contributed by atoms with Crippen LogP contribution in [-0.4, -0.2) is 52.6 Å². The van der Waals surface area contributed by atoms with Crippen molar-refractivity contribution >= 4 is 6.08 Å². The molecule has 0 saturated carbocycles. The number of benzene rings is 2. The van der Waals surface area contributed by atoms with Crippen molar-refractivity contribution in [1.29, 1.82) is 0 Å². The monoisotopic (exact) mass is 428 g/mol. The van der Waals surface area contributed by atoms with E-state index in [1.54, 1.807) is 0 Å². The molecule has 0 aromatic heterocycles. The van der Waals surface area contributed by atoms with Gasteiger partial charge in [-0.2, -0.15) is 0 Å². The summed E-state index contributed by atoms with van der Waals surface area (Å²) < 4.78 is 16.8. The third kappa shape index (κ3) is 6.97. The van der Waals surface area contributed by atoms with Crippen molar-refractivity contribution < 1.29 is 29.5 Å². The van der Waals surface area contributed by atoms with Gasteiger partial charge < -0.3 is 29.5 Å². The molecule has 5 atom stereocenters. The van der Waals surface area contributed by atoms with E-state index in [1.807, 2.05) is 54.6 Å². The minimum absolute atomic E-state index is 0.0638. The Labute approximate surface area is 183 Å². The van der Waals surface area contributed by atoms with Gasteiger partial charge >= 0.3 is 0 Å². The topological polar surface area (TPSA) is 88.4 Å². The summed E-state index contributed by atoms with van der Waals surface area (Å²) in [6.45, 7) is 2.77. The molecule has 2 aromatic carbocycles. The third-order valence-electron chi connectivity index (χ3n) is 5.24. The molecule has 1 aliphatic rings. The van der Waals surface area contributed by atoms with Gasteiger partial charge in [0.1, 0.15) is 24.4 Å². The molecule has 1 aliphatic heterocycles. The molecule has 0 bridgehead atoms. The van der Waals surface area contributed by atoms with Gasteiger partial charge in [0.05, 0.1) is 19.8 Å². The minimum Gasteiger partial charge on any atom is -0.387 e. The molecule has 1 saturated heterocycles. The zero-order chi connectivity index (χ0) is 22.1. The lowest BCUT2D eigenvalue weighted by molar-refractivity contribution is -0.298. The smallest absolute Gasteiger partial charge is 0.184 e. The van der Waals surface area contributed by atoms with Gasteiger partial charge in [0.25, 0.3) is 0 Å². The average Bonchev–Trinajstić information content (AvgIpc) is 2.79. The summed E-state index contributed by atoms with van der Waals surface area (Å²) in [5.41, 5.74) is 3.04. The fourth-order valence-corrected chi connectivity index (χ4v) is 3.42. The number of hydrogen-bond acceptors (Lipinski definition) is 6. The maximum absolute atomic E-state index is 10.6. The first kappa shape index (κ1) is 23.6. The largest absolute Gasteiger partial charge is 0.387 e. The normalized spacial score (nSPS) is 26.4. The Hall–Kier alpha value is -2.06. The second kappa shape index (κ2) is 12.1. The second-order valence-corrected chi connectivity index (χ2v) is 7.76. The van der Waals surface area contributed by atoms with E-state index in [9.17, 15) is 15.3 Å². The first-order valence-corrected chi connectivity index (χ1v) is 10.8. The molecular weight excluding hydrogens is 396 g/mol. The highest BCUT2D eigenvalue weighted by Gasteiger charge is 2.44. The van der Waals surface area contributed by atoms with Gasteiger partial charge in [-0.25, -0.2) is 0 Å². The highest BCUT2D eigenvalue weighted by Crippen LogP contribution is 2.24. The lowest BCUT2D eigenvalue weighted by Gasteiger charge is -2.40. The first-order chi connectivity index (χ1) is 15.1. The van der Waals surface area contributed by atoms with Crippen LogP contribution in [0.2, 0.25) is 0 Å². The molecule has 0 spiro atoms. The van der Waals surface area contributed by atoms with E-state index in [1.165, 1.54) is 0 Å². The summed E-state index contributed by atoms with van der Waals surface area (Å²) in [4.78, 5) is 0. The standard InChI is InChI=1S/C25H32O6/c1-2-3-5-8-18-11-13-20(14-12-18)15-29-17-21-22(26)24(23(27)25(28)31-21)30-16-19-9-6-4-7-10-19/h4-14,21-28H,2-3,15-17H2,1H3/t21-,22-,23+,24+,25+/m1/s1. The summed E-state index contributed by atoms with van der Waals surface area (Å²) >= 11 is 0. The van der Waals surface area contributed by atoms with Crippen molar-refractivity contribution in [3.8, 4) is 0 Å². The number of unbranched alkanes of at least 4 members (excludes halogenated alkanes) is 1. The van der Waals surface area contributed by atoms with Gasteiger partial charge in [0.15, 0.2) is 6.29 Å². The Balaban J connectivity index is 1.50. The van der Waals surface area contributed by atoms with Crippen LogP contribution in [0.15, 0.2) is 60.7 Å². The summed E-state index contributed by atoms with van der Waals surface area (Å²) in [5, 5.41) is 30.9. The van der Waals surface area contributed by atoms with Crippen molar-refractivity contribution in [2.45, 2.75) is 63.7 Å². The number of aliphatic hydroxyl groups is 3. The number of ether oxygens (including phenoxy) is 3. The Morgan fingerprint density at radius 3 is 2.32 bits per heavy atom. The maximum atomic E-state index is 10.6. The molecule has 6 heteroatoms. The van der Waals surface area contributed by atoms with E-state index in [0.29, 0.717) is 6.61 Å². The van der Waals surface area contributed by atoms with Gasteiger partial charge in [0.2, 0.25) is 0 Å². The molecule has 1 heterocycles. The Kier molecular flexibility index (Phi) is 9.21. The Morgan fingerprint density at radius 1 is 0.903 bits per heavy atom. The summed E-state index contributed by atoms with van der Waals surface area (Å²) in [5.74, 6) is 0. The molecule has 168 valence electrons. The fraction of sp³-hybridized carbons (Fsp3) is 0.440. The van der Waals surface area contributed by atoms with Crippen LogP contribution in [0.1, 0.15) is 36.5 Å². The van der Waals surface area contributed by atoms with Crippen molar-refractivity contribution in [2.24, 2.45) is 0 Å². The number of hydrogen-bond donors (Lipinski definition) is 3. The number of allylic oxidation sites excluding steroid dienone is 1. The summed E-state index contributed by atoms with van der Waals surface area (Å²) in [7, 11) is 0. The molecule has 3 N–H and O–H groups in total. The minimum atomic E-state index is -1.45. The van der Waals surface area contributed by atoms with E-state index in [-0.39, 0.29) is 13.2 Å². The van der Waals surface area contributed by atoms with Crippen molar-refractivity contribution in [3.05, 3.63) is 77.4 Å². The van der Waals surface area contributed by atoms with Crippen LogP contribution in [0, 0.1) is 0 Å². The number of rotatable bonds is 10. The molecule has 0 unspecified atom stereocenters. The van der Waals surface area contributed by atoms with Gasteiger partial charge in [-0.05, 0) is 23.1 Å². The van der Waals surface area contributed by atoms with Crippen LogP contribution in [0.3, 0.4) is 0 Å². The SMILES string of the molecule is CCCC=Cc1ccc(COC[C@H]2O[C@H](O)[C@@H](O)[C@@H](OCc3ccccc3)[C@@H]2O)cc1. The van der Waals surface area contributed by atoms with E-state index < -0.39 is 30.7 Å². The van der Waals surface area contributed by atoms with E-state index in [0.717, 1.165) is 29.5 Å². The Morgan fingerprint density at radius 2 is 1.61 bits per heavy atom. The van der Waals surface area contributed by atoms with Crippen LogP contribution >= 0.6 is 0 Å². The molecule has 0 radical (unpaired) electrons. The van der Waals surface area contributed by atoms with Gasteiger partial charge in [0, 0.05) is 0 Å². The predicted octanol–water partition coefficient (Wildman–Crippen LogP) is 3.04. The van der Waals surface area contributed by atoms with Crippen LogP contribution in [-0.2, 0) is 27.4 Å². The van der Waals surface area contributed by atoms with E-state index >= 15 is 0 Å². The summed E-state index contributed by atoms with van der Waals surface area (Å²) in [6.07, 6.45) is 0.726. The summed E-state index contributed by atoms with van der Waals surface area (Å²) in [6, 6.07) is 17.5. The lowest BCUT2D eigenvalue weighted by atomic mass is 9.99. The van der Waals surface area contributed by atoms with Crippen LogP contribution in [0.25, 0.3) is 6.08 Å². The quantitative estimate of drug-likeness (QED) is 0.539. The molecule has 0 aliphatic carbocycles. The van der Waals surface area contributed by atoms with Crippen LogP contribution < -0.4 is 0 Å². The average molecular weight is 429 g/mol. The zero-order valence-corrected chi connectivity index (χ0v) is 17.8. The first-order valence-electron chi connectivity index (χ1n) is 10.8. The van der Waals surface area contributed by atoms with E-state index in [2.05, 4.69) is 19.1 Å². The van der Waals surface area contributed by atoms with Crippen molar-refractivity contribution in [2.75, 3.05) is 6.61 Å². The molecule has 1 fully saturated rings. The fourth-order valence-electron chi connectivity index (χ4n) is 3.42. The zero-order valence-electron chi connectivity index (χ0n) is 17.8. The highest BCUT2D eigenvalue weighted by atomic mass is 16.7. The molecule has 2 aromatic rings. The molecule has 3 rings (SSSR count). The van der Waals surface area contributed by atoms with Crippen LogP contribution in [0.4, 0.5) is 0 Å².